The van der Waals surface area contributed by atoms with Crippen LogP contribution < -0.4 is 5.73 Å². The van der Waals surface area contributed by atoms with Gasteiger partial charge in [-0.05, 0) is 42.5 Å². The van der Waals surface area contributed by atoms with Gasteiger partial charge in [-0.25, -0.2) is 4.99 Å². The lowest BCUT2D eigenvalue weighted by molar-refractivity contribution is 0.912. The standard InChI is InChI=1S/C16H16N2/c17-16(13-5-2-1-3-6-13)18-15-10-9-12-7-4-8-14(12)11-15/h1-3,5-6,9-11H,4,7-8H2,(H2,17,18). The molecule has 0 unspecified atom stereocenters. The van der Waals surface area contributed by atoms with Crippen LogP contribution in [0.25, 0.3) is 0 Å². The van der Waals surface area contributed by atoms with Gasteiger partial charge in [-0.2, -0.15) is 0 Å². The number of aryl methyl sites for hydroxylation is 2. The normalized spacial score (nSPS) is 14.6. The molecular formula is C16H16N2. The zero-order valence-electron chi connectivity index (χ0n) is 10.3. The van der Waals surface area contributed by atoms with E-state index >= 15 is 0 Å². The molecule has 0 aromatic heterocycles. The number of nitrogens with zero attached hydrogens (tertiary/aromatic N) is 1. The van der Waals surface area contributed by atoms with Crippen LogP contribution in [0, 0.1) is 0 Å². The number of hydrogen-bond acceptors (Lipinski definition) is 1. The summed E-state index contributed by atoms with van der Waals surface area (Å²) >= 11 is 0. The van der Waals surface area contributed by atoms with Gasteiger partial charge in [-0.15, -0.1) is 0 Å². The molecule has 1 aliphatic rings. The number of nitrogens with two attached hydrogens (primary N) is 1. The summed E-state index contributed by atoms with van der Waals surface area (Å²) < 4.78 is 0. The lowest BCUT2D eigenvalue weighted by atomic mass is 10.1. The van der Waals surface area contributed by atoms with Crippen molar-refractivity contribution in [3.8, 4) is 0 Å². The third kappa shape index (κ3) is 2.14. The van der Waals surface area contributed by atoms with Gasteiger partial charge in [0.15, 0.2) is 0 Å². The molecule has 0 spiro atoms. The van der Waals surface area contributed by atoms with Crippen LogP contribution in [0.5, 0.6) is 0 Å². The molecule has 1 aliphatic carbocycles. The van der Waals surface area contributed by atoms with Crippen LogP contribution in [0.15, 0.2) is 53.5 Å². The number of aliphatic imine (C=N–C) groups is 1. The summed E-state index contributed by atoms with van der Waals surface area (Å²) in [6, 6.07) is 16.3. The molecule has 0 saturated heterocycles. The van der Waals surface area contributed by atoms with Crippen molar-refractivity contribution in [2.45, 2.75) is 19.3 Å². The molecule has 0 bridgehead atoms. The first kappa shape index (κ1) is 11.0. The first-order valence-electron chi connectivity index (χ1n) is 6.34. The van der Waals surface area contributed by atoms with E-state index in [0.29, 0.717) is 5.84 Å². The van der Waals surface area contributed by atoms with Gasteiger partial charge in [-0.1, -0.05) is 36.4 Å². The molecule has 0 amide bonds. The van der Waals surface area contributed by atoms with Crippen LogP contribution in [0.1, 0.15) is 23.1 Å². The maximum absolute atomic E-state index is 6.02. The Bertz CT molecular complexity index is 585. The van der Waals surface area contributed by atoms with Gasteiger partial charge in [0.05, 0.1) is 5.69 Å². The first-order valence-corrected chi connectivity index (χ1v) is 6.34. The number of amidine groups is 1. The smallest absolute Gasteiger partial charge is 0.131 e. The Hall–Kier alpha value is -2.09. The van der Waals surface area contributed by atoms with Crippen LogP contribution in [0.4, 0.5) is 5.69 Å². The fraction of sp³-hybridized carbons (Fsp3) is 0.188. The molecule has 0 radical (unpaired) electrons. The highest BCUT2D eigenvalue weighted by molar-refractivity contribution is 5.99. The molecule has 2 nitrogen and oxygen atoms in total. The van der Waals surface area contributed by atoms with Crippen LogP contribution in [-0.4, -0.2) is 5.84 Å². The zero-order valence-corrected chi connectivity index (χ0v) is 10.3. The minimum absolute atomic E-state index is 0.577. The fourth-order valence-electron chi connectivity index (χ4n) is 2.44. The third-order valence-electron chi connectivity index (χ3n) is 3.40. The maximum atomic E-state index is 6.02. The average Bonchev–Trinajstić information content (AvgIpc) is 2.87. The number of benzene rings is 2. The summed E-state index contributed by atoms with van der Waals surface area (Å²) in [6.07, 6.45) is 3.63. The zero-order chi connectivity index (χ0) is 12.4. The highest BCUT2D eigenvalue weighted by Crippen LogP contribution is 2.26. The summed E-state index contributed by atoms with van der Waals surface area (Å²) in [6.45, 7) is 0. The van der Waals surface area contributed by atoms with Crippen molar-refractivity contribution in [3.05, 3.63) is 65.2 Å². The Morgan fingerprint density at radius 3 is 2.56 bits per heavy atom. The van der Waals surface area contributed by atoms with E-state index in [1.54, 1.807) is 0 Å². The van der Waals surface area contributed by atoms with Gasteiger partial charge in [0.25, 0.3) is 0 Å². The average molecular weight is 236 g/mol. The van der Waals surface area contributed by atoms with Crippen LogP contribution in [0.2, 0.25) is 0 Å². The molecule has 2 N–H and O–H groups in total. The molecule has 0 atom stereocenters. The number of fused-ring (bicyclic) bond motifs is 1. The lowest BCUT2D eigenvalue weighted by Crippen LogP contribution is -2.12. The Morgan fingerprint density at radius 1 is 0.944 bits per heavy atom. The van der Waals surface area contributed by atoms with E-state index in [0.717, 1.165) is 11.3 Å². The van der Waals surface area contributed by atoms with Crippen LogP contribution in [-0.2, 0) is 12.8 Å². The van der Waals surface area contributed by atoms with E-state index in [9.17, 15) is 0 Å². The minimum Gasteiger partial charge on any atom is -0.383 e. The molecule has 2 heteroatoms. The summed E-state index contributed by atoms with van der Waals surface area (Å²) in [5.74, 6) is 0.577. The second-order valence-electron chi connectivity index (χ2n) is 4.67. The van der Waals surface area contributed by atoms with Gasteiger partial charge in [0, 0.05) is 5.56 Å². The lowest BCUT2D eigenvalue weighted by Gasteiger charge is -2.03. The summed E-state index contributed by atoms with van der Waals surface area (Å²) in [7, 11) is 0. The molecule has 2 aromatic carbocycles. The highest BCUT2D eigenvalue weighted by atomic mass is 14.9. The van der Waals surface area contributed by atoms with E-state index in [4.69, 9.17) is 5.73 Å². The van der Waals surface area contributed by atoms with Crippen molar-refractivity contribution in [1.82, 2.24) is 0 Å². The summed E-state index contributed by atoms with van der Waals surface area (Å²) in [5.41, 5.74) is 10.8. The van der Waals surface area contributed by atoms with E-state index < -0.39 is 0 Å². The van der Waals surface area contributed by atoms with Gasteiger partial charge in [0.2, 0.25) is 0 Å². The molecule has 0 aliphatic heterocycles. The quantitative estimate of drug-likeness (QED) is 0.631. The molecule has 2 aromatic rings. The SMILES string of the molecule is NC(=Nc1ccc2c(c1)CCC2)c1ccccc1. The van der Waals surface area contributed by atoms with Gasteiger partial charge in [0.1, 0.15) is 5.84 Å². The van der Waals surface area contributed by atoms with E-state index in [2.05, 4.69) is 23.2 Å². The molecular weight excluding hydrogens is 220 g/mol. The van der Waals surface area contributed by atoms with Crippen molar-refractivity contribution in [1.29, 1.82) is 0 Å². The predicted molar refractivity (Wildman–Crippen MR) is 75.3 cm³/mol. The van der Waals surface area contributed by atoms with Crippen molar-refractivity contribution in [2.75, 3.05) is 0 Å². The first-order chi connectivity index (χ1) is 8.83. The van der Waals surface area contributed by atoms with Gasteiger partial charge < -0.3 is 5.73 Å². The Kier molecular flexibility index (Phi) is 2.85. The van der Waals surface area contributed by atoms with Gasteiger partial charge >= 0.3 is 0 Å². The van der Waals surface area contributed by atoms with Crippen molar-refractivity contribution < 1.29 is 0 Å². The highest BCUT2D eigenvalue weighted by Gasteiger charge is 2.10. The van der Waals surface area contributed by atoms with Crippen molar-refractivity contribution in [2.24, 2.45) is 10.7 Å². The number of rotatable bonds is 2. The molecule has 90 valence electrons. The van der Waals surface area contributed by atoms with E-state index in [1.165, 1.54) is 30.4 Å². The minimum atomic E-state index is 0.577. The summed E-state index contributed by atoms with van der Waals surface area (Å²) in [5, 5.41) is 0. The second-order valence-corrected chi connectivity index (χ2v) is 4.67. The van der Waals surface area contributed by atoms with E-state index in [-0.39, 0.29) is 0 Å². The van der Waals surface area contributed by atoms with E-state index in [1.807, 2.05) is 30.3 Å². The topological polar surface area (TPSA) is 38.4 Å². The second kappa shape index (κ2) is 4.65. The Labute approximate surface area is 107 Å². The molecule has 0 fully saturated rings. The van der Waals surface area contributed by atoms with Crippen molar-refractivity contribution in [3.63, 3.8) is 0 Å². The van der Waals surface area contributed by atoms with Crippen LogP contribution >= 0.6 is 0 Å². The number of hydrogen-bond donors (Lipinski definition) is 1. The summed E-state index contributed by atoms with van der Waals surface area (Å²) in [4.78, 5) is 4.50. The van der Waals surface area contributed by atoms with Gasteiger partial charge in [-0.3, -0.25) is 0 Å². The molecule has 18 heavy (non-hydrogen) atoms. The molecule has 0 saturated carbocycles. The monoisotopic (exact) mass is 236 g/mol. The molecule has 3 rings (SSSR count). The fourth-order valence-corrected chi connectivity index (χ4v) is 2.44. The van der Waals surface area contributed by atoms with Crippen LogP contribution in [0.3, 0.4) is 0 Å². The third-order valence-corrected chi connectivity index (χ3v) is 3.40. The molecule has 0 heterocycles. The van der Waals surface area contributed by atoms with Crippen molar-refractivity contribution >= 4 is 11.5 Å². The Balaban J connectivity index is 1.92. The Morgan fingerprint density at radius 2 is 1.72 bits per heavy atom. The maximum Gasteiger partial charge on any atom is 0.131 e. The predicted octanol–water partition coefficient (Wildman–Crippen LogP) is 3.21. The largest absolute Gasteiger partial charge is 0.383 e.